The van der Waals surface area contributed by atoms with Crippen LogP contribution in [0.1, 0.15) is 30.3 Å². The Labute approximate surface area is 112 Å². The molecule has 1 aliphatic rings. The van der Waals surface area contributed by atoms with Crippen molar-refractivity contribution in [2.24, 2.45) is 5.92 Å². The Morgan fingerprint density at radius 3 is 3.11 bits per heavy atom. The number of aromatic nitrogens is 1. The third-order valence-electron chi connectivity index (χ3n) is 3.37. The SMILES string of the molecule is CC(O)C1CCCN(C(=O)c2cc(Cl)ccn2)C1. The quantitative estimate of drug-likeness (QED) is 0.892. The molecule has 1 aliphatic heterocycles. The van der Waals surface area contributed by atoms with Crippen molar-refractivity contribution in [3.63, 3.8) is 0 Å². The van der Waals surface area contributed by atoms with E-state index in [0.717, 1.165) is 19.4 Å². The number of piperidine rings is 1. The maximum Gasteiger partial charge on any atom is 0.272 e. The van der Waals surface area contributed by atoms with Crippen LogP contribution in [-0.2, 0) is 0 Å². The van der Waals surface area contributed by atoms with E-state index < -0.39 is 0 Å². The normalized spacial score (nSPS) is 21.7. The minimum Gasteiger partial charge on any atom is -0.393 e. The molecule has 0 radical (unpaired) electrons. The molecular formula is C13H17ClN2O2. The summed E-state index contributed by atoms with van der Waals surface area (Å²) in [5.41, 5.74) is 0.369. The van der Waals surface area contributed by atoms with Gasteiger partial charge < -0.3 is 10.0 Å². The molecular weight excluding hydrogens is 252 g/mol. The molecule has 2 heterocycles. The zero-order valence-electron chi connectivity index (χ0n) is 10.3. The molecule has 0 spiro atoms. The molecule has 1 saturated heterocycles. The fourth-order valence-electron chi connectivity index (χ4n) is 2.27. The molecule has 98 valence electrons. The van der Waals surface area contributed by atoms with E-state index in [4.69, 9.17) is 11.6 Å². The van der Waals surface area contributed by atoms with Gasteiger partial charge in [-0.1, -0.05) is 11.6 Å². The van der Waals surface area contributed by atoms with E-state index in [1.807, 2.05) is 0 Å². The summed E-state index contributed by atoms with van der Waals surface area (Å²) in [5.74, 6) is 0.0461. The average Bonchev–Trinajstić information content (AvgIpc) is 2.38. The first-order valence-corrected chi connectivity index (χ1v) is 6.54. The van der Waals surface area contributed by atoms with Gasteiger partial charge >= 0.3 is 0 Å². The average molecular weight is 269 g/mol. The van der Waals surface area contributed by atoms with Crippen LogP contribution in [0.15, 0.2) is 18.3 Å². The number of halogens is 1. The number of rotatable bonds is 2. The maximum absolute atomic E-state index is 12.2. The van der Waals surface area contributed by atoms with Crippen molar-refractivity contribution in [3.8, 4) is 0 Å². The molecule has 2 atom stereocenters. The van der Waals surface area contributed by atoms with Crippen molar-refractivity contribution in [3.05, 3.63) is 29.0 Å². The molecule has 0 aromatic carbocycles. The van der Waals surface area contributed by atoms with Gasteiger partial charge in [-0.2, -0.15) is 0 Å². The summed E-state index contributed by atoms with van der Waals surface area (Å²) < 4.78 is 0. The van der Waals surface area contributed by atoms with Crippen LogP contribution in [0.2, 0.25) is 5.02 Å². The van der Waals surface area contributed by atoms with Crippen molar-refractivity contribution >= 4 is 17.5 Å². The standard InChI is InChI=1S/C13H17ClN2O2/c1-9(17)10-3-2-6-16(8-10)13(18)12-7-11(14)4-5-15-12/h4-5,7,9-10,17H,2-3,6,8H2,1H3. The van der Waals surface area contributed by atoms with Crippen LogP contribution in [0.5, 0.6) is 0 Å². The molecule has 1 amide bonds. The van der Waals surface area contributed by atoms with Gasteiger partial charge in [0.15, 0.2) is 0 Å². The van der Waals surface area contributed by atoms with Gasteiger partial charge in [0, 0.05) is 30.2 Å². The van der Waals surface area contributed by atoms with Crippen LogP contribution in [0.25, 0.3) is 0 Å². The van der Waals surface area contributed by atoms with E-state index in [9.17, 15) is 9.90 Å². The van der Waals surface area contributed by atoms with E-state index >= 15 is 0 Å². The molecule has 1 aromatic heterocycles. The molecule has 18 heavy (non-hydrogen) atoms. The summed E-state index contributed by atoms with van der Waals surface area (Å²) in [4.78, 5) is 18.0. The Morgan fingerprint density at radius 1 is 1.67 bits per heavy atom. The molecule has 1 fully saturated rings. The van der Waals surface area contributed by atoms with Crippen LogP contribution < -0.4 is 0 Å². The van der Waals surface area contributed by atoms with Crippen LogP contribution >= 0.6 is 11.6 Å². The second kappa shape index (κ2) is 5.67. The summed E-state index contributed by atoms with van der Waals surface area (Å²) in [6.45, 7) is 3.08. The number of aliphatic hydroxyl groups is 1. The first-order valence-electron chi connectivity index (χ1n) is 6.17. The van der Waals surface area contributed by atoms with Crippen molar-refractivity contribution in [2.75, 3.05) is 13.1 Å². The lowest BCUT2D eigenvalue weighted by molar-refractivity contribution is 0.0461. The second-order valence-electron chi connectivity index (χ2n) is 4.75. The molecule has 1 aromatic rings. The Kier molecular flexibility index (Phi) is 4.19. The molecule has 5 heteroatoms. The molecule has 0 aliphatic carbocycles. The van der Waals surface area contributed by atoms with E-state index in [1.165, 1.54) is 6.20 Å². The molecule has 4 nitrogen and oxygen atoms in total. The number of hydrogen-bond acceptors (Lipinski definition) is 3. The second-order valence-corrected chi connectivity index (χ2v) is 5.19. The summed E-state index contributed by atoms with van der Waals surface area (Å²) in [7, 11) is 0. The van der Waals surface area contributed by atoms with Crippen LogP contribution in [-0.4, -0.2) is 40.1 Å². The minimum atomic E-state index is -0.382. The highest BCUT2D eigenvalue weighted by Crippen LogP contribution is 2.21. The van der Waals surface area contributed by atoms with E-state index in [2.05, 4.69) is 4.98 Å². The monoisotopic (exact) mass is 268 g/mol. The van der Waals surface area contributed by atoms with Crippen molar-refractivity contribution in [1.82, 2.24) is 9.88 Å². The summed E-state index contributed by atoms with van der Waals surface area (Å²) >= 11 is 5.86. The maximum atomic E-state index is 12.2. The topological polar surface area (TPSA) is 53.4 Å². The van der Waals surface area contributed by atoms with Crippen LogP contribution in [0, 0.1) is 5.92 Å². The minimum absolute atomic E-state index is 0.108. The van der Waals surface area contributed by atoms with Gasteiger partial charge in [0.05, 0.1) is 6.10 Å². The Morgan fingerprint density at radius 2 is 2.44 bits per heavy atom. The Balaban J connectivity index is 2.09. The smallest absolute Gasteiger partial charge is 0.272 e. The first kappa shape index (κ1) is 13.3. The third-order valence-corrected chi connectivity index (χ3v) is 3.60. The number of amides is 1. The summed E-state index contributed by atoms with van der Waals surface area (Å²) in [6, 6.07) is 3.23. The number of hydrogen-bond donors (Lipinski definition) is 1. The Bertz CT molecular complexity index is 437. The number of aliphatic hydroxyl groups excluding tert-OH is 1. The lowest BCUT2D eigenvalue weighted by Gasteiger charge is -2.33. The number of carbonyl (C=O) groups is 1. The number of nitrogens with zero attached hydrogens (tertiary/aromatic N) is 2. The summed E-state index contributed by atoms with van der Waals surface area (Å²) in [5, 5.41) is 10.1. The largest absolute Gasteiger partial charge is 0.393 e. The van der Waals surface area contributed by atoms with Crippen molar-refractivity contribution < 1.29 is 9.90 Å². The summed E-state index contributed by atoms with van der Waals surface area (Å²) in [6.07, 6.45) is 3.03. The zero-order valence-corrected chi connectivity index (χ0v) is 11.1. The lowest BCUT2D eigenvalue weighted by atomic mass is 9.93. The van der Waals surface area contributed by atoms with Crippen molar-refractivity contribution in [2.45, 2.75) is 25.9 Å². The fourth-order valence-corrected chi connectivity index (χ4v) is 2.43. The predicted octanol–water partition coefficient (Wildman–Crippen LogP) is 1.97. The van der Waals surface area contributed by atoms with Crippen LogP contribution in [0.3, 0.4) is 0 Å². The molecule has 1 N–H and O–H groups in total. The van der Waals surface area contributed by atoms with Gasteiger partial charge in [0.1, 0.15) is 5.69 Å². The highest BCUT2D eigenvalue weighted by Gasteiger charge is 2.27. The van der Waals surface area contributed by atoms with E-state index in [1.54, 1.807) is 24.0 Å². The van der Waals surface area contributed by atoms with E-state index in [0.29, 0.717) is 17.3 Å². The number of pyridine rings is 1. The van der Waals surface area contributed by atoms with Crippen LogP contribution in [0.4, 0.5) is 0 Å². The first-order chi connectivity index (χ1) is 8.58. The zero-order chi connectivity index (χ0) is 13.1. The number of carbonyl (C=O) groups excluding carboxylic acids is 1. The van der Waals surface area contributed by atoms with Crippen molar-refractivity contribution in [1.29, 1.82) is 0 Å². The van der Waals surface area contributed by atoms with E-state index in [-0.39, 0.29) is 17.9 Å². The van der Waals surface area contributed by atoms with Gasteiger partial charge in [0.25, 0.3) is 5.91 Å². The van der Waals surface area contributed by atoms with Gasteiger partial charge in [-0.15, -0.1) is 0 Å². The molecule has 0 bridgehead atoms. The van der Waals surface area contributed by atoms with Gasteiger partial charge in [-0.05, 0) is 31.9 Å². The fraction of sp³-hybridized carbons (Fsp3) is 0.538. The molecule has 2 rings (SSSR count). The number of likely N-dealkylation sites (tertiary alicyclic amines) is 1. The predicted molar refractivity (Wildman–Crippen MR) is 69.6 cm³/mol. The highest BCUT2D eigenvalue weighted by atomic mass is 35.5. The van der Waals surface area contributed by atoms with Gasteiger partial charge in [-0.3, -0.25) is 9.78 Å². The van der Waals surface area contributed by atoms with Gasteiger partial charge in [0.2, 0.25) is 0 Å². The molecule has 0 saturated carbocycles. The molecule has 2 unspecified atom stereocenters. The Hall–Kier alpha value is -1.13. The highest BCUT2D eigenvalue weighted by molar-refractivity contribution is 6.30. The third kappa shape index (κ3) is 3.00. The van der Waals surface area contributed by atoms with Gasteiger partial charge in [-0.25, -0.2) is 0 Å². The lowest BCUT2D eigenvalue weighted by Crippen LogP contribution is -2.43.